The summed E-state index contributed by atoms with van der Waals surface area (Å²) in [5, 5.41) is 13.8. The van der Waals surface area contributed by atoms with Gasteiger partial charge in [0, 0.05) is 25.5 Å². The van der Waals surface area contributed by atoms with Crippen molar-refractivity contribution in [3.8, 4) is 6.07 Å². The molecule has 3 rings (SSSR count). The summed E-state index contributed by atoms with van der Waals surface area (Å²) in [6.07, 6.45) is 8.38. The summed E-state index contributed by atoms with van der Waals surface area (Å²) in [7, 11) is 0. The number of nitrogens with one attached hydrogen (secondary N) is 2. The number of rotatable bonds is 1. The summed E-state index contributed by atoms with van der Waals surface area (Å²) in [6, 6.07) is 4.31. The van der Waals surface area contributed by atoms with Crippen molar-refractivity contribution in [2.75, 3.05) is 31.1 Å². The van der Waals surface area contributed by atoms with E-state index in [9.17, 15) is 5.26 Å². The molecule has 3 heterocycles. The molecule has 0 saturated carbocycles. The number of aromatic amines is 1. The highest BCUT2D eigenvalue weighted by atomic mass is 15.1. The molecule has 21 heavy (non-hydrogen) atoms. The van der Waals surface area contributed by atoms with E-state index in [4.69, 9.17) is 0 Å². The van der Waals surface area contributed by atoms with Gasteiger partial charge in [0.25, 0.3) is 0 Å². The average molecular weight is 283 g/mol. The average Bonchev–Trinajstić information content (AvgIpc) is 2.95. The number of pyridine rings is 1. The molecular formula is C16H21N5. The van der Waals surface area contributed by atoms with Gasteiger partial charge in [-0.25, -0.2) is 4.98 Å². The molecule has 1 fully saturated rings. The van der Waals surface area contributed by atoms with Crippen LogP contribution in [0, 0.1) is 11.3 Å². The molecule has 0 aromatic carbocycles. The Morgan fingerprint density at radius 1 is 1.14 bits per heavy atom. The Kier molecular flexibility index (Phi) is 4.37. The Hall–Kier alpha value is -2.06. The van der Waals surface area contributed by atoms with Gasteiger partial charge in [0.2, 0.25) is 0 Å². The minimum Gasteiger partial charge on any atom is -0.371 e. The molecule has 0 unspecified atom stereocenters. The molecule has 1 aliphatic heterocycles. The number of aromatic nitrogens is 2. The van der Waals surface area contributed by atoms with Gasteiger partial charge in [-0.1, -0.05) is 6.42 Å². The van der Waals surface area contributed by atoms with Gasteiger partial charge in [-0.2, -0.15) is 5.26 Å². The molecule has 0 aliphatic carbocycles. The second-order valence-corrected chi connectivity index (χ2v) is 5.52. The fourth-order valence-electron chi connectivity index (χ4n) is 2.99. The summed E-state index contributed by atoms with van der Waals surface area (Å²) < 4.78 is 0. The van der Waals surface area contributed by atoms with Crippen LogP contribution in [0.4, 0.5) is 5.69 Å². The van der Waals surface area contributed by atoms with Crippen LogP contribution >= 0.6 is 0 Å². The summed E-state index contributed by atoms with van der Waals surface area (Å²) in [5.74, 6) is 0. The molecule has 0 radical (unpaired) electrons. The van der Waals surface area contributed by atoms with E-state index in [1.54, 1.807) is 6.20 Å². The van der Waals surface area contributed by atoms with Crippen molar-refractivity contribution in [2.24, 2.45) is 0 Å². The number of H-pyrrole nitrogens is 1. The van der Waals surface area contributed by atoms with Crippen LogP contribution in [-0.2, 0) is 0 Å². The maximum absolute atomic E-state index is 9.30. The molecule has 0 bridgehead atoms. The standard InChI is InChI=1S/C16H21N5/c17-11-13-12-20-16-15(13)14(5-8-19-16)21-9-3-1-2-6-18-7-4-10-21/h5,8,12,18H,1-4,6-7,9-10H2,(H,19,20). The lowest BCUT2D eigenvalue weighted by atomic mass is 10.1. The molecule has 1 saturated heterocycles. The van der Waals surface area contributed by atoms with E-state index in [-0.39, 0.29) is 0 Å². The van der Waals surface area contributed by atoms with Crippen LogP contribution in [0.3, 0.4) is 0 Å². The highest BCUT2D eigenvalue weighted by Crippen LogP contribution is 2.28. The Morgan fingerprint density at radius 3 is 2.90 bits per heavy atom. The minimum atomic E-state index is 0.684. The maximum Gasteiger partial charge on any atom is 0.140 e. The summed E-state index contributed by atoms with van der Waals surface area (Å²) in [5.41, 5.74) is 2.63. The third-order valence-corrected chi connectivity index (χ3v) is 4.08. The SMILES string of the molecule is N#Cc1c[nH]c2nccc(N3CCCCCNCCC3)c12. The lowest BCUT2D eigenvalue weighted by molar-refractivity contribution is 0.554. The van der Waals surface area contributed by atoms with Gasteiger partial charge in [0.15, 0.2) is 0 Å². The number of nitrogens with zero attached hydrogens (tertiary/aromatic N) is 3. The largest absolute Gasteiger partial charge is 0.371 e. The molecule has 5 heteroatoms. The summed E-state index contributed by atoms with van der Waals surface area (Å²) in [4.78, 5) is 9.84. The Labute approximate surface area is 125 Å². The lowest BCUT2D eigenvalue weighted by Crippen LogP contribution is -2.30. The molecule has 0 amide bonds. The Bertz CT molecular complexity index is 630. The number of hydrogen-bond donors (Lipinski definition) is 2. The van der Waals surface area contributed by atoms with Gasteiger partial charge in [-0.3, -0.25) is 0 Å². The number of hydrogen-bond acceptors (Lipinski definition) is 4. The smallest absolute Gasteiger partial charge is 0.140 e. The molecule has 110 valence electrons. The summed E-state index contributed by atoms with van der Waals surface area (Å²) >= 11 is 0. The van der Waals surface area contributed by atoms with Crippen LogP contribution < -0.4 is 10.2 Å². The zero-order valence-corrected chi connectivity index (χ0v) is 12.2. The number of fused-ring (bicyclic) bond motifs is 1. The van der Waals surface area contributed by atoms with Gasteiger partial charge in [0.05, 0.1) is 16.6 Å². The van der Waals surface area contributed by atoms with Gasteiger partial charge < -0.3 is 15.2 Å². The first kappa shape index (κ1) is 13.9. The molecule has 0 atom stereocenters. The van der Waals surface area contributed by atoms with Crippen molar-refractivity contribution in [1.82, 2.24) is 15.3 Å². The highest BCUT2D eigenvalue weighted by molar-refractivity contribution is 5.94. The van der Waals surface area contributed by atoms with Crippen molar-refractivity contribution >= 4 is 16.7 Å². The molecule has 2 aromatic heterocycles. The van der Waals surface area contributed by atoms with E-state index < -0.39 is 0 Å². The monoisotopic (exact) mass is 283 g/mol. The topological polar surface area (TPSA) is 67.7 Å². The normalized spacial score (nSPS) is 17.6. The van der Waals surface area contributed by atoms with Gasteiger partial charge >= 0.3 is 0 Å². The van der Waals surface area contributed by atoms with E-state index in [1.807, 2.05) is 12.3 Å². The maximum atomic E-state index is 9.30. The van der Waals surface area contributed by atoms with Crippen LogP contribution in [0.1, 0.15) is 31.2 Å². The first-order chi connectivity index (χ1) is 10.4. The van der Waals surface area contributed by atoms with E-state index in [0.717, 1.165) is 49.3 Å². The molecule has 2 aromatic rings. The van der Waals surface area contributed by atoms with Crippen LogP contribution in [0.15, 0.2) is 18.5 Å². The fraction of sp³-hybridized carbons (Fsp3) is 0.500. The first-order valence-electron chi connectivity index (χ1n) is 7.72. The molecule has 5 nitrogen and oxygen atoms in total. The summed E-state index contributed by atoms with van der Waals surface area (Å²) in [6.45, 7) is 4.26. The first-order valence-corrected chi connectivity index (χ1v) is 7.72. The second-order valence-electron chi connectivity index (χ2n) is 5.52. The van der Waals surface area contributed by atoms with Crippen LogP contribution in [0.25, 0.3) is 11.0 Å². The van der Waals surface area contributed by atoms with Crippen molar-refractivity contribution in [1.29, 1.82) is 5.26 Å². The van der Waals surface area contributed by atoms with Gasteiger partial charge in [0.1, 0.15) is 11.7 Å². The molecule has 0 spiro atoms. The van der Waals surface area contributed by atoms with Crippen molar-refractivity contribution in [3.63, 3.8) is 0 Å². The lowest BCUT2D eigenvalue weighted by Gasteiger charge is -2.26. The van der Waals surface area contributed by atoms with Crippen molar-refractivity contribution in [3.05, 3.63) is 24.0 Å². The Morgan fingerprint density at radius 2 is 2.00 bits per heavy atom. The van der Waals surface area contributed by atoms with Crippen molar-refractivity contribution in [2.45, 2.75) is 25.7 Å². The van der Waals surface area contributed by atoms with Crippen LogP contribution in [-0.4, -0.2) is 36.1 Å². The van der Waals surface area contributed by atoms with Crippen LogP contribution in [0.5, 0.6) is 0 Å². The molecular weight excluding hydrogens is 262 g/mol. The quantitative estimate of drug-likeness (QED) is 0.843. The second kappa shape index (κ2) is 6.59. The van der Waals surface area contributed by atoms with E-state index in [2.05, 4.69) is 26.3 Å². The predicted octanol–water partition coefficient (Wildman–Crippen LogP) is 2.40. The Balaban J connectivity index is 1.93. The molecule has 2 N–H and O–H groups in total. The third kappa shape index (κ3) is 3.01. The van der Waals surface area contributed by atoms with E-state index in [1.165, 1.54) is 19.3 Å². The van der Waals surface area contributed by atoms with Gasteiger partial charge in [-0.05, 0) is 38.4 Å². The zero-order chi connectivity index (χ0) is 14.5. The minimum absolute atomic E-state index is 0.684. The van der Waals surface area contributed by atoms with Crippen molar-refractivity contribution < 1.29 is 0 Å². The fourth-order valence-corrected chi connectivity index (χ4v) is 2.99. The number of anilines is 1. The van der Waals surface area contributed by atoms with E-state index in [0.29, 0.717) is 5.56 Å². The van der Waals surface area contributed by atoms with Gasteiger partial charge in [-0.15, -0.1) is 0 Å². The predicted molar refractivity (Wildman–Crippen MR) is 84.4 cm³/mol. The van der Waals surface area contributed by atoms with Crippen LogP contribution in [0.2, 0.25) is 0 Å². The number of nitriles is 1. The van der Waals surface area contributed by atoms with E-state index >= 15 is 0 Å². The highest BCUT2D eigenvalue weighted by Gasteiger charge is 2.15. The molecule has 1 aliphatic rings. The third-order valence-electron chi connectivity index (χ3n) is 4.08. The zero-order valence-electron chi connectivity index (χ0n) is 12.2.